The summed E-state index contributed by atoms with van der Waals surface area (Å²) in [6.07, 6.45) is 1.08. The summed E-state index contributed by atoms with van der Waals surface area (Å²) in [5.74, 6) is 0. The second-order valence-corrected chi connectivity index (χ2v) is 5.18. The lowest BCUT2D eigenvalue weighted by Crippen LogP contribution is -2.07. The van der Waals surface area contributed by atoms with Crippen molar-refractivity contribution >= 4 is 27.5 Å². The van der Waals surface area contributed by atoms with Gasteiger partial charge in [0.05, 0.1) is 12.6 Å². The second-order valence-electron chi connectivity index (χ2n) is 5.18. The summed E-state index contributed by atoms with van der Waals surface area (Å²) in [4.78, 5) is 0. The fraction of sp³-hybridized carbons (Fsp3) is 0.250. The lowest BCUT2D eigenvalue weighted by atomic mass is 10.1. The molecule has 4 rings (SSSR count). The van der Waals surface area contributed by atoms with Crippen molar-refractivity contribution in [1.82, 2.24) is 4.57 Å². The van der Waals surface area contributed by atoms with Crippen LogP contribution in [0.15, 0.2) is 42.5 Å². The van der Waals surface area contributed by atoms with Gasteiger partial charge < -0.3 is 15.0 Å². The number of hydrogen-bond donors (Lipinski definition) is 1. The first-order valence-corrected chi connectivity index (χ1v) is 6.70. The highest BCUT2D eigenvalue weighted by molar-refractivity contribution is 6.09. The third-order valence-electron chi connectivity index (χ3n) is 4.00. The standard InChI is InChI=1S/C16H16N2O/c17-11-5-6-16-14(9-11)13-3-1-2-4-15(13)18(16)12-7-8-19-10-12/h1-6,9,12H,7-8,10,17H2/t12-/m1/s1. The van der Waals surface area contributed by atoms with Gasteiger partial charge in [-0.15, -0.1) is 0 Å². The highest BCUT2D eigenvalue weighted by atomic mass is 16.5. The maximum atomic E-state index is 5.94. The van der Waals surface area contributed by atoms with E-state index in [0.717, 1.165) is 25.3 Å². The average Bonchev–Trinajstić information content (AvgIpc) is 3.04. The fourth-order valence-electron chi connectivity index (χ4n) is 3.14. The smallest absolute Gasteiger partial charge is 0.0675 e. The Labute approximate surface area is 111 Å². The number of anilines is 1. The molecule has 0 unspecified atom stereocenters. The zero-order valence-corrected chi connectivity index (χ0v) is 10.7. The normalized spacial score (nSPS) is 19.5. The van der Waals surface area contributed by atoms with E-state index in [-0.39, 0.29) is 0 Å². The van der Waals surface area contributed by atoms with Crippen LogP contribution in [0.3, 0.4) is 0 Å². The molecule has 1 fully saturated rings. The van der Waals surface area contributed by atoms with E-state index < -0.39 is 0 Å². The number of nitrogen functional groups attached to an aromatic ring is 1. The monoisotopic (exact) mass is 252 g/mol. The number of nitrogens with two attached hydrogens (primary N) is 1. The number of fused-ring (bicyclic) bond motifs is 3. The van der Waals surface area contributed by atoms with E-state index in [0.29, 0.717) is 6.04 Å². The molecule has 1 aliphatic rings. The van der Waals surface area contributed by atoms with Crippen LogP contribution in [0.5, 0.6) is 0 Å². The summed E-state index contributed by atoms with van der Waals surface area (Å²) in [7, 11) is 0. The van der Waals surface area contributed by atoms with Gasteiger partial charge in [0.1, 0.15) is 0 Å². The molecule has 19 heavy (non-hydrogen) atoms. The molecule has 3 nitrogen and oxygen atoms in total. The fourth-order valence-corrected chi connectivity index (χ4v) is 3.14. The van der Waals surface area contributed by atoms with Crippen molar-refractivity contribution in [3.63, 3.8) is 0 Å². The van der Waals surface area contributed by atoms with E-state index >= 15 is 0 Å². The number of nitrogens with zero attached hydrogens (tertiary/aromatic N) is 1. The number of benzene rings is 2. The molecule has 0 aliphatic carbocycles. The Bertz CT molecular complexity index is 754. The second kappa shape index (κ2) is 4.00. The highest BCUT2D eigenvalue weighted by Gasteiger charge is 2.22. The van der Waals surface area contributed by atoms with Gasteiger partial charge in [-0.3, -0.25) is 0 Å². The molecule has 0 bridgehead atoms. The third-order valence-corrected chi connectivity index (χ3v) is 4.00. The maximum absolute atomic E-state index is 5.94. The van der Waals surface area contributed by atoms with E-state index in [1.165, 1.54) is 21.8 Å². The third kappa shape index (κ3) is 1.55. The van der Waals surface area contributed by atoms with Gasteiger partial charge in [-0.1, -0.05) is 18.2 Å². The first kappa shape index (κ1) is 10.9. The first-order valence-electron chi connectivity index (χ1n) is 6.70. The predicted octanol–water partition coefficient (Wildman–Crippen LogP) is 3.34. The quantitative estimate of drug-likeness (QED) is 0.675. The van der Waals surface area contributed by atoms with Crippen LogP contribution in [0.1, 0.15) is 12.5 Å². The van der Waals surface area contributed by atoms with E-state index in [9.17, 15) is 0 Å². The molecule has 0 amide bonds. The van der Waals surface area contributed by atoms with Crippen LogP contribution in [0.4, 0.5) is 5.69 Å². The zero-order chi connectivity index (χ0) is 12.8. The van der Waals surface area contributed by atoms with Crippen LogP contribution in [0, 0.1) is 0 Å². The van der Waals surface area contributed by atoms with Gasteiger partial charge in [0.15, 0.2) is 0 Å². The van der Waals surface area contributed by atoms with Crippen molar-refractivity contribution in [2.45, 2.75) is 12.5 Å². The van der Waals surface area contributed by atoms with Gasteiger partial charge in [0.2, 0.25) is 0 Å². The Morgan fingerprint density at radius 3 is 2.74 bits per heavy atom. The topological polar surface area (TPSA) is 40.2 Å². The van der Waals surface area contributed by atoms with E-state index in [1.54, 1.807) is 0 Å². The molecule has 2 heterocycles. The van der Waals surface area contributed by atoms with Gasteiger partial charge in [-0.05, 0) is 30.7 Å². The number of hydrogen-bond acceptors (Lipinski definition) is 2. The molecular weight excluding hydrogens is 236 g/mol. The van der Waals surface area contributed by atoms with E-state index in [1.807, 2.05) is 6.07 Å². The lowest BCUT2D eigenvalue weighted by Gasteiger charge is -2.13. The number of para-hydroxylation sites is 1. The molecule has 2 aromatic carbocycles. The molecule has 2 N–H and O–H groups in total. The lowest BCUT2D eigenvalue weighted by molar-refractivity contribution is 0.188. The molecule has 1 saturated heterocycles. The van der Waals surface area contributed by atoms with Gasteiger partial charge in [0.25, 0.3) is 0 Å². The average molecular weight is 252 g/mol. The van der Waals surface area contributed by atoms with Crippen molar-refractivity contribution < 1.29 is 4.74 Å². The van der Waals surface area contributed by atoms with Crippen LogP contribution in [0.2, 0.25) is 0 Å². The molecule has 0 saturated carbocycles. The van der Waals surface area contributed by atoms with Crippen LogP contribution in [-0.4, -0.2) is 17.8 Å². The SMILES string of the molecule is Nc1ccc2c(c1)c1ccccc1n2[C@@H]1CCOC1. The van der Waals surface area contributed by atoms with E-state index in [2.05, 4.69) is 41.0 Å². The molecule has 0 spiro atoms. The van der Waals surface area contributed by atoms with Crippen molar-refractivity contribution in [2.75, 3.05) is 18.9 Å². The zero-order valence-electron chi connectivity index (χ0n) is 10.7. The minimum atomic E-state index is 0.436. The molecule has 1 aromatic heterocycles. The summed E-state index contributed by atoms with van der Waals surface area (Å²) < 4.78 is 7.97. The molecule has 3 aromatic rings. The summed E-state index contributed by atoms with van der Waals surface area (Å²) in [6, 6.07) is 15.1. The molecule has 96 valence electrons. The Morgan fingerprint density at radius 1 is 1.05 bits per heavy atom. The van der Waals surface area contributed by atoms with Crippen LogP contribution in [0.25, 0.3) is 21.8 Å². The largest absolute Gasteiger partial charge is 0.399 e. The van der Waals surface area contributed by atoms with Crippen LogP contribution >= 0.6 is 0 Å². The van der Waals surface area contributed by atoms with Gasteiger partial charge in [0, 0.05) is 34.1 Å². The highest BCUT2D eigenvalue weighted by Crippen LogP contribution is 2.35. The predicted molar refractivity (Wildman–Crippen MR) is 78.3 cm³/mol. The van der Waals surface area contributed by atoms with Crippen LogP contribution < -0.4 is 5.73 Å². The number of rotatable bonds is 1. The number of aromatic nitrogens is 1. The summed E-state index contributed by atoms with van der Waals surface area (Å²) in [6.45, 7) is 1.66. The Morgan fingerprint density at radius 2 is 1.89 bits per heavy atom. The van der Waals surface area contributed by atoms with Gasteiger partial charge >= 0.3 is 0 Å². The van der Waals surface area contributed by atoms with Gasteiger partial charge in [-0.25, -0.2) is 0 Å². The molecule has 1 atom stereocenters. The summed E-state index contributed by atoms with van der Waals surface area (Å²) in [5.41, 5.74) is 9.29. The first-order chi connectivity index (χ1) is 9.34. The number of ether oxygens (including phenoxy) is 1. The van der Waals surface area contributed by atoms with Crippen molar-refractivity contribution in [3.8, 4) is 0 Å². The Hall–Kier alpha value is -2.00. The van der Waals surface area contributed by atoms with Crippen molar-refractivity contribution in [1.29, 1.82) is 0 Å². The molecule has 0 radical (unpaired) electrons. The summed E-state index contributed by atoms with van der Waals surface area (Å²) >= 11 is 0. The summed E-state index contributed by atoms with van der Waals surface area (Å²) in [5, 5.41) is 2.51. The molecular formula is C16H16N2O. The Kier molecular flexibility index (Phi) is 2.29. The maximum Gasteiger partial charge on any atom is 0.0675 e. The Balaban J connectivity index is 2.12. The molecule has 3 heteroatoms. The van der Waals surface area contributed by atoms with Gasteiger partial charge in [-0.2, -0.15) is 0 Å². The van der Waals surface area contributed by atoms with Crippen molar-refractivity contribution in [2.24, 2.45) is 0 Å². The molecule has 1 aliphatic heterocycles. The van der Waals surface area contributed by atoms with E-state index in [4.69, 9.17) is 10.5 Å². The van der Waals surface area contributed by atoms with Crippen molar-refractivity contribution in [3.05, 3.63) is 42.5 Å². The minimum absolute atomic E-state index is 0.436. The van der Waals surface area contributed by atoms with Crippen LogP contribution in [-0.2, 0) is 4.74 Å². The minimum Gasteiger partial charge on any atom is -0.399 e.